The number of nitrogens with zero attached hydrogens (tertiary/aromatic N) is 4. The summed E-state index contributed by atoms with van der Waals surface area (Å²) < 4.78 is 20.9. The standard InChI is InChI=1S/C18H19FN6O2/c1-10-4-2-6-12(19)16(10)25-13-7-3-5-11(13)15(23-25)17(26)21-9-8-14-22-18(20)24-27-14/h2,4,6H,3,5,7-9H2,1H3,(H2,20,24)(H,21,26). The third-order valence-corrected chi connectivity index (χ3v) is 4.65. The predicted molar refractivity (Wildman–Crippen MR) is 95.0 cm³/mol. The van der Waals surface area contributed by atoms with E-state index in [2.05, 4.69) is 20.6 Å². The monoisotopic (exact) mass is 370 g/mol. The summed E-state index contributed by atoms with van der Waals surface area (Å²) in [6, 6.07) is 4.90. The van der Waals surface area contributed by atoms with Crippen molar-refractivity contribution >= 4 is 11.9 Å². The average molecular weight is 370 g/mol. The number of carbonyl (C=O) groups excluding carboxylic acids is 1. The molecule has 3 aromatic rings. The van der Waals surface area contributed by atoms with Gasteiger partial charge in [-0.3, -0.25) is 4.79 Å². The summed E-state index contributed by atoms with van der Waals surface area (Å²) in [5.74, 6) is -0.236. The number of carbonyl (C=O) groups is 1. The molecule has 0 saturated carbocycles. The van der Waals surface area contributed by atoms with Gasteiger partial charge in [-0.1, -0.05) is 12.1 Å². The van der Waals surface area contributed by atoms with Crippen LogP contribution in [0.25, 0.3) is 5.69 Å². The lowest BCUT2D eigenvalue weighted by Gasteiger charge is -2.10. The zero-order valence-corrected chi connectivity index (χ0v) is 14.8. The number of para-hydroxylation sites is 1. The van der Waals surface area contributed by atoms with E-state index in [1.54, 1.807) is 10.7 Å². The van der Waals surface area contributed by atoms with Gasteiger partial charge in [-0.2, -0.15) is 10.1 Å². The summed E-state index contributed by atoms with van der Waals surface area (Å²) in [5.41, 5.74) is 8.70. The molecule has 0 aliphatic heterocycles. The Kier molecular flexibility index (Phi) is 4.35. The molecule has 1 aliphatic carbocycles. The fraction of sp³-hybridized carbons (Fsp3) is 0.333. The van der Waals surface area contributed by atoms with Gasteiger partial charge in [0.1, 0.15) is 11.5 Å². The van der Waals surface area contributed by atoms with Crippen LogP contribution in [0.1, 0.15) is 39.6 Å². The van der Waals surface area contributed by atoms with Crippen molar-refractivity contribution in [1.82, 2.24) is 25.2 Å². The Bertz CT molecular complexity index is 989. The summed E-state index contributed by atoms with van der Waals surface area (Å²) in [7, 11) is 0. The van der Waals surface area contributed by atoms with Crippen LogP contribution in [0.4, 0.5) is 10.3 Å². The molecule has 27 heavy (non-hydrogen) atoms. The molecule has 9 heteroatoms. The number of benzene rings is 1. The van der Waals surface area contributed by atoms with Gasteiger partial charge in [0.15, 0.2) is 5.69 Å². The second kappa shape index (κ2) is 6.82. The first-order valence-corrected chi connectivity index (χ1v) is 8.77. The molecule has 0 unspecified atom stereocenters. The number of aromatic nitrogens is 4. The smallest absolute Gasteiger partial charge is 0.272 e. The number of halogens is 1. The van der Waals surface area contributed by atoms with Crippen molar-refractivity contribution in [1.29, 1.82) is 0 Å². The number of nitrogens with one attached hydrogen (secondary N) is 1. The van der Waals surface area contributed by atoms with Crippen molar-refractivity contribution in [2.75, 3.05) is 12.3 Å². The highest BCUT2D eigenvalue weighted by atomic mass is 19.1. The lowest BCUT2D eigenvalue weighted by Crippen LogP contribution is -2.27. The highest BCUT2D eigenvalue weighted by Gasteiger charge is 2.28. The third-order valence-electron chi connectivity index (χ3n) is 4.65. The Labute approximate surface area is 154 Å². The molecule has 0 fully saturated rings. The molecule has 4 rings (SSSR count). The molecule has 3 N–H and O–H groups in total. The van der Waals surface area contributed by atoms with Gasteiger partial charge in [-0.25, -0.2) is 9.07 Å². The van der Waals surface area contributed by atoms with Gasteiger partial charge in [0.05, 0.1) is 0 Å². The van der Waals surface area contributed by atoms with Crippen molar-refractivity contribution in [3.05, 3.63) is 52.4 Å². The Morgan fingerprint density at radius 1 is 1.41 bits per heavy atom. The fourth-order valence-corrected chi connectivity index (χ4v) is 3.43. The van der Waals surface area contributed by atoms with Crippen molar-refractivity contribution in [2.45, 2.75) is 32.6 Å². The molecule has 0 spiro atoms. The first-order chi connectivity index (χ1) is 13.0. The van der Waals surface area contributed by atoms with E-state index < -0.39 is 0 Å². The maximum Gasteiger partial charge on any atom is 0.272 e. The third kappa shape index (κ3) is 3.16. The van der Waals surface area contributed by atoms with Crippen LogP contribution in [-0.2, 0) is 19.3 Å². The Morgan fingerprint density at radius 2 is 2.26 bits per heavy atom. The molecule has 8 nitrogen and oxygen atoms in total. The van der Waals surface area contributed by atoms with Crippen molar-refractivity contribution < 1.29 is 13.7 Å². The molecule has 2 heterocycles. The lowest BCUT2D eigenvalue weighted by atomic mass is 10.1. The number of nitrogen functional groups attached to an aromatic ring is 1. The molecule has 140 valence electrons. The lowest BCUT2D eigenvalue weighted by molar-refractivity contribution is 0.0947. The van der Waals surface area contributed by atoms with Gasteiger partial charge in [0.2, 0.25) is 5.89 Å². The molecule has 1 aromatic carbocycles. The van der Waals surface area contributed by atoms with E-state index in [-0.39, 0.29) is 17.7 Å². The molecular formula is C18H19FN6O2. The zero-order valence-electron chi connectivity index (χ0n) is 14.8. The van der Waals surface area contributed by atoms with E-state index >= 15 is 0 Å². The topological polar surface area (TPSA) is 112 Å². The summed E-state index contributed by atoms with van der Waals surface area (Å²) in [6.45, 7) is 2.14. The van der Waals surface area contributed by atoms with Gasteiger partial charge < -0.3 is 15.6 Å². The first kappa shape index (κ1) is 17.2. The summed E-state index contributed by atoms with van der Waals surface area (Å²) in [5, 5.41) is 10.8. The van der Waals surface area contributed by atoms with Crippen molar-refractivity contribution in [2.24, 2.45) is 0 Å². The number of aryl methyl sites for hydroxylation is 1. The molecule has 1 amide bonds. The SMILES string of the molecule is Cc1cccc(F)c1-n1nc(C(=O)NCCc2nc(N)no2)c2c1CCC2. The summed E-state index contributed by atoms with van der Waals surface area (Å²) in [6.07, 6.45) is 2.81. The van der Waals surface area contributed by atoms with E-state index in [1.807, 2.05) is 13.0 Å². The number of rotatable bonds is 5. The number of hydrogen-bond donors (Lipinski definition) is 2. The number of amides is 1. The normalized spacial score (nSPS) is 13.0. The number of fused-ring (bicyclic) bond motifs is 1. The van der Waals surface area contributed by atoms with Crippen molar-refractivity contribution in [3.8, 4) is 5.69 Å². The zero-order chi connectivity index (χ0) is 19.0. The largest absolute Gasteiger partial charge is 0.365 e. The molecule has 0 atom stereocenters. The van der Waals surface area contributed by atoms with E-state index in [0.717, 1.165) is 36.1 Å². The summed E-state index contributed by atoms with van der Waals surface area (Å²) in [4.78, 5) is 16.5. The average Bonchev–Trinajstić information content (AvgIpc) is 3.32. The van der Waals surface area contributed by atoms with Crippen LogP contribution < -0.4 is 11.1 Å². The van der Waals surface area contributed by atoms with Crippen molar-refractivity contribution in [3.63, 3.8) is 0 Å². The number of anilines is 1. The molecule has 0 saturated heterocycles. The minimum Gasteiger partial charge on any atom is -0.365 e. The van der Waals surface area contributed by atoms with E-state index in [9.17, 15) is 9.18 Å². The molecule has 0 radical (unpaired) electrons. The second-order valence-corrected chi connectivity index (χ2v) is 6.50. The number of nitrogens with two attached hydrogens (primary N) is 1. The van der Waals surface area contributed by atoms with Crippen LogP contribution in [0.5, 0.6) is 0 Å². The Morgan fingerprint density at radius 3 is 3.00 bits per heavy atom. The van der Waals surface area contributed by atoms with Crippen LogP contribution in [-0.4, -0.2) is 32.4 Å². The van der Waals surface area contributed by atoms with Gasteiger partial charge in [-0.05, 0) is 43.0 Å². The van der Waals surface area contributed by atoms with Gasteiger partial charge >= 0.3 is 0 Å². The van der Waals surface area contributed by atoms with Crippen LogP contribution in [0.2, 0.25) is 0 Å². The minimum atomic E-state index is -0.354. The second-order valence-electron chi connectivity index (χ2n) is 6.50. The maximum atomic E-state index is 14.4. The maximum absolute atomic E-state index is 14.4. The minimum absolute atomic E-state index is 0.0631. The predicted octanol–water partition coefficient (Wildman–Crippen LogP) is 1.75. The van der Waals surface area contributed by atoms with E-state index in [4.69, 9.17) is 10.3 Å². The van der Waals surface area contributed by atoms with Gasteiger partial charge in [-0.15, -0.1) is 0 Å². The van der Waals surface area contributed by atoms with Gasteiger partial charge in [0, 0.05) is 24.2 Å². The molecule has 1 aliphatic rings. The quantitative estimate of drug-likeness (QED) is 0.708. The summed E-state index contributed by atoms with van der Waals surface area (Å²) >= 11 is 0. The first-order valence-electron chi connectivity index (χ1n) is 8.77. The fourth-order valence-electron chi connectivity index (χ4n) is 3.43. The molecular weight excluding hydrogens is 351 g/mol. The Hall–Kier alpha value is -3.23. The van der Waals surface area contributed by atoms with Crippen LogP contribution >= 0.6 is 0 Å². The highest BCUT2D eigenvalue weighted by Crippen LogP contribution is 2.29. The van der Waals surface area contributed by atoms with Crippen LogP contribution in [0.15, 0.2) is 22.7 Å². The van der Waals surface area contributed by atoms with Crippen LogP contribution in [0.3, 0.4) is 0 Å². The van der Waals surface area contributed by atoms with E-state index in [1.165, 1.54) is 6.07 Å². The number of hydrogen-bond acceptors (Lipinski definition) is 6. The van der Waals surface area contributed by atoms with Crippen LogP contribution in [0, 0.1) is 12.7 Å². The molecule has 0 bridgehead atoms. The van der Waals surface area contributed by atoms with E-state index in [0.29, 0.717) is 30.2 Å². The van der Waals surface area contributed by atoms with Gasteiger partial charge in [0.25, 0.3) is 11.9 Å². The highest BCUT2D eigenvalue weighted by molar-refractivity contribution is 5.94. The molecule has 2 aromatic heterocycles. The Balaban J connectivity index is 1.58.